The minimum absolute atomic E-state index is 0.130. The molecule has 2 N–H and O–H groups in total. The van der Waals surface area contributed by atoms with E-state index in [1.165, 1.54) is 31.4 Å². The number of halogens is 1. The predicted molar refractivity (Wildman–Crippen MR) is 118 cm³/mol. The van der Waals surface area contributed by atoms with Gasteiger partial charge in [0.25, 0.3) is 17.5 Å². The van der Waals surface area contributed by atoms with Crippen LogP contribution in [0.15, 0.2) is 42.5 Å². The molecule has 2 aromatic carbocycles. The first-order valence-electron chi connectivity index (χ1n) is 9.84. The van der Waals surface area contributed by atoms with Crippen molar-refractivity contribution in [1.82, 2.24) is 10.4 Å². The number of hydrogen-bond donors (Lipinski definition) is 2. The van der Waals surface area contributed by atoms with E-state index in [0.29, 0.717) is 0 Å². The van der Waals surface area contributed by atoms with Gasteiger partial charge in [-0.1, -0.05) is 23.7 Å². The third kappa shape index (κ3) is 5.78. The number of hydrogen-bond acceptors (Lipinski definition) is 8. The zero-order valence-electron chi connectivity index (χ0n) is 17.8. The molecular weight excluding hydrogens is 472 g/mol. The largest absolute Gasteiger partial charge is 0.497 e. The highest BCUT2D eigenvalue weighted by atomic mass is 35.5. The fourth-order valence-electron chi connectivity index (χ4n) is 3.14. The number of anilines is 1. The Kier molecular flexibility index (Phi) is 7.64. The van der Waals surface area contributed by atoms with E-state index in [0.717, 1.165) is 11.1 Å². The summed E-state index contributed by atoms with van der Waals surface area (Å²) in [5.74, 6) is -3.43. The Morgan fingerprint density at radius 3 is 2.65 bits per heavy atom. The molecule has 34 heavy (non-hydrogen) atoms. The summed E-state index contributed by atoms with van der Waals surface area (Å²) in [5, 5.41) is 14.6. The lowest BCUT2D eigenvalue weighted by molar-refractivity contribution is -0.383. The lowest BCUT2D eigenvalue weighted by Gasteiger charge is -2.18. The van der Waals surface area contributed by atoms with Crippen LogP contribution < -0.4 is 15.5 Å². The maximum atomic E-state index is 12.3. The number of hydrazine groups is 1. The van der Waals surface area contributed by atoms with Crippen LogP contribution in [0.1, 0.15) is 16.8 Å². The average Bonchev–Trinajstić information content (AvgIpc) is 3.17. The Morgan fingerprint density at radius 1 is 1.24 bits per heavy atom. The van der Waals surface area contributed by atoms with Gasteiger partial charge >= 0.3 is 5.97 Å². The maximum Gasteiger partial charge on any atom is 0.311 e. The van der Waals surface area contributed by atoms with E-state index in [9.17, 15) is 29.3 Å². The summed E-state index contributed by atoms with van der Waals surface area (Å²) in [4.78, 5) is 59.5. The van der Waals surface area contributed by atoms with Crippen LogP contribution in [-0.4, -0.2) is 53.9 Å². The van der Waals surface area contributed by atoms with E-state index in [4.69, 9.17) is 21.1 Å². The van der Waals surface area contributed by atoms with E-state index >= 15 is 0 Å². The quantitative estimate of drug-likeness (QED) is 0.323. The van der Waals surface area contributed by atoms with E-state index in [-0.39, 0.29) is 40.7 Å². The second-order valence-corrected chi connectivity index (χ2v) is 7.53. The van der Waals surface area contributed by atoms with Crippen LogP contribution in [0.3, 0.4) is 0 Å². The molecule has 3 rings (SSSR count). The molecule has 0 spiro atoms. The molecule has 12 nitrogen and oxygen atoms in total. The van der Waals surface area contributed by atoms with Crippen molar-refractivity contribution in [2.75, 3.05) is 25.6 Å². The molecule has 3 amide bonds. The molecule has 1 aliphatic heterocycles. The van der Waals surface area contributed by atoms with Crippen LogP contribution in [0.2, 0.25) is 5.02 Å². The Morgan fingerprint density at radius 2 is 1.97 bits per heavy atom. The number of carbonyl (C=O) groups is 4. The van der Waals surface area contributed by atoms with Gasteiger partial charge in [-0.3, -0.25) is 39.7 Å². The molecule has 1 heterocycles. The highest BCUT2D eigenvalue weighted by Crippen LogP contribution is 2.28. The van der Waals surface area contributed by atoms with E-state index in [1.807, 2.05) is 0 Å². The highest BCUT2D eigenvalue weighted by Gasteiger charge is 2.37. The van der Waals surface area contributed by atoms with E-state index in [2.05, 4.69) is 10.7 Å². The van der Waals surface area contributed by atoms with Gasteiger partial charge in [0.1, 0.15) is 11.4 Å². The average molecular weight is 491 g/mol. The second-order valence-electron chi connectivity index (χ2n) is 7.12. The molecule has 13 heteroatoms. The minimum Gasteiger partial charge on any atom is -0.497 e. The maximum absolute atomic E-state index is 12.3. The zero-order valence-corrected chi connectivity index (χ0v) is 18.5. The van der Waals surface area contributed by atoms with Crippen molar-refractivity contribution in [1.29, 1.82) is 0 Å². The Bertz CT molecular complexity index is 1160. The smallest absolute Gasteiger partial charge is 0.311 e. The number of ether oxygens (including phenoxy) is 2. The van der Waals surface area contributed by atoms with Gasteiger partial charge in [-0.2, -0.15) is 0 Å². The summed E-state index contributed by atoms with van der Waals surface area (Å²) >= 11 is 5.97. The number of benzene rings is 2. The zero-order chi connectivity index (χ0) is 24.8. The molecule has 0 aromatic heterocycles. The van der Waals surface area contributed by atoms with Gasteiger partial charge in [-0.25, -0.2) is 0 Å². The molecule has 1 aliphatic rings. The monoisotopic (exact) mass is 490 g/mol. The fraction of sp³-hybridized carbons (Fsp3) is 0.238. The third-order valence-corrected chi connectivity index (χ3v) is 5.16. The van der Waals surface area contributed by atoms with Crippen molar-refractivity contribution in [2.45, 2.75) is 6.42 Å². The molecule has 0 radical (unpaired) electrons. The molecule has 0 saturated carbocycles. The van der Waals surface area contributed by atoms with Crippen molar-refractivity contribution in [3.63, 3.8) is 0 Å². The van der Waals surface area contributed by atoms with Gasteiger partial charge in [0.15, 0.2) is 6.61 Å². The van der Waals surface area contributed by atoms with Crippen LogP contribution in [-0.2, 0) is 19.1 Å². The summed E-state index contributed by atoms with van der Waals surface area (Å²) < 4.78 is 9.94. The van der Waals surface area contributed by atoms with Crippen LogP contribution in [0.4, 0.5) is 11.4 Å². The predicted octanol–water partition coefficient (Wildman–Crippen LogP) is 1.93. The number of nitro groups is 1. The number of nitro benzene ring substituents is 1. The molecule has 1 fully saturated rings. The summed E-state index contributed by atoms with van der Waals surface area (Å²) in [7, 11) is 1.36. The summed E-state index contributed by atoms with van der Waals surface area (Å²) in [6.07, 6.45) is -0.232. The molecule has 0 bridgehead atoms. The van der Waals surface area contributed by atoms with Crippen LogP contribution in [0, 0.1) is 16.0 Å². The van der Waals surface area contributed by atoms with Crippen LogP contribution >= 0.6 is 11.6 Å². The molecule has 0 aliphatic carbocycles. The molecule has 2 aromatic rings. The van der Waals surface area contributed by atoms with Crippen molar-refractivity contribution in [3.05, 3.63) is 63.2 Å². The van der Waals surface area contributed by atoms with Gasteiger partial charge < -0.3 is 14.8 Å². The number of amides is 3. The van der Waals surface area contributed by atoms with Gasteiger partial charge in [-0.15, -0.1) is 0 Å². The normalized spacial score (nSPS) is 14.9. The Balaban J connectivity index is 1.54. The van der Waals surface area contributed by atoms with Crippen molar-refractivity contribution < 1.29 is 33.6 Å². The van der Waals surface area contributed by atoms with E-state index in [1.54, 1.807) is 12.1 Å². The summed E-state index contributed by atoms with van der Waals surface area (Å²) in [6, 6.07) is 10.0. The minimum atomic E-state index is -0.919. The molecule has 178 valence electrons. The number of nitrogens with one attached hydrogen (secondary N) is 2. The number of nitrogens with zero attached hydrogens (tertiary/aromatic N) is 2. The summed E-state index contributed by atoms with van der Waals surface area (Å²) in [6.45, 7) is -0.888. The van der Waals surface area contributed by atoms with Gasteiger partial charge in [-0.05, 0) is 18.2 Å². The summed E-state index contributed by atoms with van der Waals surface area (Å²) in [5.41, 5.74) is 2.05. The van der Waals surface area contributed by atoms with Crippen LogP contribution in [0.5, 0.6) is 5.75 Å². The van der Waals surface area contributed by atoms with Crippen molar-refractivity contribution >= 4 is 46.7 Å². The lowest BCUT2D eigenvalue weighted by atomic mass is 10.1. The first-order chi connectivity index (χ1) is 16.2. The third-order valence-electron chi connectivity index (χ3n) is 4.83. The SMILES string of the molecule is COc1ccc([N+](=O)[O-])c(NC(=O)COC(=O)[C@H]2CC(=O)N(NC(=O)c3ccccc3Cl)C2)c1. The number of rotatable bonds is 8. The lowest BCUT2D eigenvalue weighted by Crippen LogP contribution is -2.43. The number of esters is 1. The topological polar surface area (TPSA) is 157 Å². The highest BCUT2D eigenvalue weighted by molar-refractivity contribution is 6.33. The molecule has 1 saturated heterocycles. The fourth-order valence-corrected chi connectivity index (χ4v) is 3.37. The standard InChI is InChI=1S/C21H19ClN4O8/c1-33-13-6-7-17(26(31)32)16(9-13)23-18(27)11-34-21(30)12-8-19(28)25(10-12)24-20(29)14-4-2-3-5-15(14)22/h2-7,9,12H,8,10-11H2,1H3,(H,23,27)(H,24,29)/t12-/m0/s1. The Labute approximate surface area is 197 Å². The first kappa shape index (κ1) is 24.5. The van der Waals surface area contributed by atoms with Gasteiger partial charge in [0.2, 0.25) is 5.91 Å². The van der Waals surface area contributed by atoms with Crippen LogP contribution in [0.25, 0.3) is 0 Å². The van der Waals surface area contributed by atoms with E-state index < -0.39 is 41.1 Å². The second kappa shape index (κ2) is 10.6. The van der Waals surface area contributed by atoms with Crippen molar-refractivity contribution in [3.8, 4) is 5.75 Å². The number of carbonyl (C=O) groups excluding carboxylic acids is 4. The van der Waals surface area contributed by atoms with Gasteiger partial charge in [0.05, 0.1) is 35.1 Å². The van der Waals surface area contributed by atoms with Gasteiger partial charge in [0, 0.05) is 18.6 Å². The van der Waals surface area contributed by atoms with Crippen molar-refractivity contribution in [2.24, 2.45) is 5.92 Å². The molecular formula is C21H19ClN4O8. The number of methoxy groups -OCH3 is 1. The first-order valence-corrected chi connectivity index (χ1v) is 10.2. The molecule has 1 atom stereocenters. The Hall–Kier alpha value is -4.19. The molecule has 0 unspecified atom stereocenters.